The lowest BCUT2D eigenvalue weighted by atomic mass is 9.57. The van der Waals surface area contributed by atoms with Gasteiger partial charge in [-0.15, -0.1) is 0 Å². The molecule has 11 nitrogen and oxygen atoms in total. The normalized spacial score (nSPS) is 32.3. The number of benzene rings is 1. The first kappa shape index (κ1) is 21.7. The quantitative estimate of drug-likeness (QED) is 0.390. The minimum atomic E-state index is -1.27. The molecule has 0 bridgehead atoms. The van der Waals surface area contributed by atoms with Crippen LogP contribution in [-0.4, -0.2) is 50.6 Å². The van der Waals surface area contributed by atoms with Gasteiger partial charge < -0.3 is 16.6 Å². The predicted molar refractivity (Wildman–Crippen MR) is 108 cm³/mol. The molecule has 1 aromatic rings. The zero-order valence-electron chi connectivity index (χ0n) is 17.5. The van der Waals surface area contributed by atoms with Crippen molar-refractivity contribution in [1.29, 1.82) is 0 Å². The molecule has 0 aromatic heterocycles. The second-order valence-electron chi connectivity index (χ2n) is 8.90. The van der Waals surface area contributed by atoms with E-state index in [-0.39, 0.29) is 18.4 Å². The SMILES string of the molecule is NC(=O)N1C(=O)C2CC=C3C(CC4C(=O)N(C(N)=O)C(=O)C4C3c3cccc(F)c3O)C2C1=O. The number of hydrogen-bond acceptors (Lipinski definition) is 7. The minimum absolute atomic E-state index is 0.000371. The molecule has 4 aliphatic rings. The van der Waals surface area contributed by atoms with E-state index in [1.165, 1.54) is 12.1 Å². The summed E-state index contributed by atoms with van der Waals surface area (Å²) in [5.41, 5.74) is 10.9. The Bertz CT molecular complexity index is 1240. The summed E-state index contributed by atoms with van der Waals surface area (Å²) < 4.78 is 14.3. The van der Waals surface area contributed by atoms with Gasteiger partial charge in [-0.1, -0.05) is 23.8 Å². The number of phenolic OH excluding ortho intramolecular Hbond substituents is 1. The van der Waals surface area contributed by atoms with Gasteiger partial charge in [0.25, 0.3) is 0 Å². The van der Waals surface area contributed by atoms with Crippen LogP contribution in [0.2, 0.25) is 0 Å². The Morgan fingerprint density at radius 2 is 1.47 bits per heavy atom. The van der Waals surface area contributed by atoms with Crippen molar-refractivity contribution in [3.8, 4) is 5.75 Å². The Morgan fingerprint density at radius 1 is 0.882 bits per heavy atom. The highest BCUT2D eigenvalue weighted by Gasteiger charge is 2.63. The number of hydrogen-bond donors (Lipinski definition) is 3. The van der Waals surface area contributed by atoms with Gasteiger partial charge >= 0.3 is 12.1 Å². The van der Waals surface area contributed by atoms with E-state index in [0.717, 1.165) is 6.07 Å². The summed E-state index contributed by atoms with van der Waals surface area (Å²) in [5, 5.41) is 10.5. The Balaban J connectivity index is 1.69. The van der Waals surface area contributed by atoms with Crippen LogP contribution in [0.1, 0.15) is 24.3 Å². The lowest BCUT2D eigenvalue weighted by Crippen LogP contribution is -2.44. The van der Waals surface area contributed by atoms with Gasteiger partial charge in [-0.05, 0) is 24.8 Å². The topological polar surface area (TPSA) is 181 Å². The van der Waals surface area contributed by atoms with Crippen molar-refractivity contribution >= 4 is 35.7 Å². The van der Waals surface area contributed by atoms with Crippen molar-refractivity contribution in [3.05, 3.63) is 41.2 Å². The number of fused-ring (bicyclic) bond motifs is 4. The van der Waals surface area contributed by atoms with Gasteiger partial charge in [0, 0.05) is 11.5 Å². The Kier molecular flexibility index (Phi) is 4.61. The van der Waals surface area contributed by atoms with Gasteiger partial charge in [-0.25, -0.2) is 14.0 Å². The van der Waals surface area contributed by atoms with Gasteiger partial charge in [-0.3, -0.25) is 19.2 Å². The van der Waals surface area contributed by atoms with E-state index in [2.05, 4.69) is 0 Å². The molecule has 34 heavy (non-hydrogen) atoms. The summed E-state index contributed by atoms with van der Waals surface area (Å²) in [6, 6.07) is 1.24. The number of allylic oxidation sites excluding steroid dienone is 2. The van der Waals surface area contributed by atoms with Crippen LogP contribution in [-0.2, 0) is 19.2 Å². The van der Waals surface area contributed by atoms with Gasteiger partial charge in [0.2, 0.25) is 23.6 Å². The molecular formula is C22H19FN4O7. The fourth-order valence-corrected chi connectivity index (χ4v) is 6.15. The Labute approximate surface area is 191 Å². The van der Waals surface area contributed by atoms with Crippen molar-refractivity contribution in [2.24, 2.45) is 41.1 Å². The van der Waals surface area contributed by atoms with Crippen LogP contribution < -0.4 is 11.5 Å². The largest absolute Gasteiger partial charge is 0.505 e. The van der Waals surface area contributed by atoms with Crippen molar-refractivity contribution in [1.82, 2.24) is 9.80 Å². The van der Waals surface area contributed by atoms with E-state index in [1.807, 2.05) is 0 Å². The molecule has 5 N–H and O–H groups in total. The standard InChI is InChI=1S/C22H19FN4O7/c23-12-3-1-2-8(16(12)28)13-7-4-5-9-14(19(31)26(17(9)29)21(24)33)10(7)6-11-15(13)20(32)27(18(11)30)22(25)34/h1-4,9-11,13-15,28H,5-6H2,(H2,24,33)(H2,25,34). The van der Waals surface area contributed by atoms with Crippen LogP contribution in [0, 0.1) is 35.4 Å². The lowest BCUT2D eigenvalue weighted by molar-refractivity contribution is -0.138. The fourth-order valence-electron chi connectivity index (χ4n) is 6.15. The Morgan fingerprint density at radius 3 is 2.09 bits per heavy atom. The van der Waals surface area contributed by atoms with Crippen LogP contribution in [0.15, 0.2) is 29.8 Å². The van der Waals surface area contributed by atoms with E-state index in [1.54, 1.807) is 6.08 Å². The zero-order chi connectivity index (χ0) is 24.6. The molecule has 5 rings (SSSR count). The highest BCUT2D eigenvalue weighted by molar-refractivity contribution is 6.18. The number of likely N-dealkylation sites (tertiary alicyclic amines) is 2. The number of nitrogens with zero attached hydrogens (tertiary/aromatic N) is 2. The van der Waals surface area contributed by atoms with Crippen molar-refractivity contribution in [2.45, 2.75) is 18.8 Å². The van der Waals surface area contributed by atoms with Crippen LogP contribution in [0.5, 0.6) is 5.75 Å². The number of nitrogens with two attached hydrogens (primary N) is 2. The first-order chi connectivity index (χ1) is 16.1. The summed E-state index contributed by atoms with van der Waals surface area (Å²) in [5.74, 6) is -11.1. The molecule has 12 heteroatoms. The number of urea groups is 2. The molecule has 3 fully saturated rings. The highest BCUT2D eigenvalue weighted by Crippen LogP contribution is 2.58. The third-order valence-electron chi connectivity index (χ3n) is 7.44. The third kappa shape index (κ3) is 2.68. The molecule has 2 aliphatic carbocycles. The number of amides is 8. The second-order valence-corrected chi connectivity index (χ2v) is 8.90. The van der Waals surface area contributed by atoms with Crippen molar-refractivity contribution < 1.29 is 38.3 Å². The highest BCUT2D eigenvalue weighted by atomic mass is 19.1. The molecule has 0 spiro atoms. The number of primary amides is 2. The fraction of sp³-hybridized carbons (Fsp3) is 0.364. The van der Waals surface area contributed by atoms with Crippen LogP contribution in [0.25, 0.3) is 0 Å². The zero-order valence-corrected chi connectivity index (χ0v) is 17.5. The minimum Gasteiger partial charge on any atom is -0.505 e. The summed E-state index contributed by atoms with van der Waals surface area (Å²) >= 11 is 0. The van der Waals surface area contributed by atoms with Gasteiger partial charge in [0.1, 0.15) is 0 Å². The maximum absolute atomic E-state index is 14.3. The summed E-state index contributed by atoms with van der Waals surface area (Å²) in [4.78, 5) is 76.2. The molecule has 8 amide bonds. The smallest absolute Gasteiger partial charge is 0.328 e. The van der Waals surface area contributed by atoms with E-state index in [4.69, 9.17) is 11.5 Å². The Hall–Kier alpha value is -4.09. The van der Waals surface area contributed by atoms with E-state index >= 15 is 0 Å². The van der Waals surface area contributed by atoms with Crippen LogP contribution >= 0.6 is 0 Å². The monoisotopic (exact) mass is 470 g/mol. The average Bonchev–Trinajstić information content (AvgIpc) is 3.18. The molecule has 1 aromatic carbocycles. The van der Waals surface area contributed by atoms with Crippen molar-refractivity contribution in [3.63, 3.8) is 0 Å². The molecule has 6 atom stereocenters. The molecule has 2 aliphatic heterocycles. The summed E-state index contributed by atoms with van der Waals surface area (Å²) in [7, 11) is 0. The van der Waals surface area contributed by atoms with Crippen molar-refractivity contribution in [2.75, 3.05) is 0 Å². The van der Waals surface area contributed by atoms with Gasteiger partial charge in [0.15, 0.2) is 11.6 Å². The number of halogens is 1. The predicted octanol–water partition coefficient (Wildman–Crippen LogP) is 0.325. The molecule has 2 heterocycles. The first-order valence-electron chi connectivity index (χ1n) is 10.6. The molecule has 2 saturated heterocycles. The number of rotatable bonds is 1. The lowest BCUT2D eigenvalue weighted by Gasteiger charge is -2.44. The number of para-hydroxylation sites is 1. The molecule has 6 unspecified atom stereocenters. The van der Waals surface area contributed by atoms with Gasteiger partial charge in [-0.2, -0.15) is 9.80 Å². The number of imide groups is 6. The summed E-state index contributed by atoms with van der Waals surface area (Å²) in [6.07, 6.45) is 1.58. The maximum atomic E-state index is 14.3. The second kappa shape index (κ2) is 7.20. The number of carbonyl (C=O) groups excluding carboxylic acids is 6. The molecular weight excluding hydrogens is 451 g/mol. The number of carbonyl (C=O) groups is 6. The third-order valence-corrected chi connectivity index (χ3v) is 7.44. The molecule has 0 radical (unpaired) electrons. The number of aromatic hydroxyl groups is 1. The maximum Gasteiger partial charge on any atom is 0.328 e. The summed E-state index contributed by atoms with van der Waals surface area (Å²) in [6.45, 7) is 0. The number of phenols is 1. The molecule has 176 valence electrons. The molecule has 1 saturated carbocycles. The average molecular weight is 470 g/mol. The van der Waals surface area contributed by atoms with E-state index in [9.17, 15) is 38.3 Å². The van der Waals surface area contributed by atoms with Crippen LogP contribution in [0.4, 0.5) is 14.0 Å². The van der Waals surface area contributed by atoms with E-state index < -0.39 is 82.8 Å². The first-order valence-corrected chi connectivity index (χ1v) is 10.6. The van der Waals surface area contributed by atoms with Crippen LogP contribution in [0.3, 0.4) is 0 Å². The van der Waals surface area contributed by atoms with E-state index in [0.29, 0.717) is 15.4 Å². The van der Waals surface area contributed by atoms with Gasteiger partial charge in [0.05, 0.1) is 23.7 Å².